The standard InChI is InChI=1S/C17H18O/c1-17(2)14-10-6-9-13(14)16(18)11-15(17)12-7-4-3-5-8-12/h3-8,10,15H,9,11H2,1-2H3. The first-order chi connectivity index (χ1) is 8.60. The lowest BCUT2D eigenvalue weighted by Crippen LogP contribution is -2.32. The van der Waals surface area contributed by atoms with E-state index in [0.717, 1.165) is 12.0 Å². The van der Waals surface area contributed by atoms with Crippen LogP contribution in [0.1, 0.15) is 38.2 Å². The molecule has 2 aliphatic carbocycles. The van der Waals surface area contributed by atoms with Gasteiger partial charge in [0.25, 0.3) is 0 Å². The number of carbonyl (C=O) groups excluding carboxylic acids is 1. The van der Waals surface area contributed by atoms with Crippen molar-refractivity contribution in [3.05, 3.63) is 59.2 Å². The maximum absolute atomic E-state index is 12.2. The van der Waals surface area contributed by atoms with E-state index in [1.807, 2.05) is 6.07 Å². The van der Waals surface area contributed by atoms with Crippen molar-refractivity contribution in [2.75, 3.05) is 0 Å². The second kappa shape index (κ2) is 3.94. The monoisotopic (exact) mass is 238 g/mol. The fourth-order valence-electron chi connectivity index (χ4n) is 3.34. The molecule has 0 amide bonds. The van der Waals surface area contributed by atoms with Crippen LogP contribution in [0.5, 0.6) is 0 Å². The zero-order chi connectivity index (χ0) is 12.8. The highest BCUT2D eigenvalue weighted by Crippen LogP contribution is 2.51. The highest BCUT2D eigenvalue weighted by Gasteiger charge is 2.42. The van der Waals surface area contributed by atoms with Gasteiger partial charge in [0.1, 0.15) is 0 Å². The first kappa shape index (κ1) is 11.5. The molecular formula is C17H18O. The molecule has 1 unspecified atom stereocenters. The maximum Gasteiger partial charge on any atom is 0.160 e. The quantitative estimate of drug-likeness (QED) is 0.722. The second-order valence-corrected chi connectivity index (χ2v) is 5.81. The number of benzene rings is 1. The molecule has 0 fully saturated rings. The van der Waals surface area contributed by atoms with Crippen LogP contribution in [-0.2, 0) is 4.79 Å². The third kappa shape index (κ3) is 1.58. The van der Waals surface area contributed by atoms with Gasteiger partial charge in [-0.15, -0.1) is 0 Å². The summed E-state index contributed by atoms with van der Waals surface area (Å²) in [5, 5.41) is 0. The summed E-state index contributed by atoms with van der Waals surface area (Å²) in [6, 6.07) is 10.4. The highest BCUT2D eigenvalue weighted by molar-refractivity contribution is 5.99. The van der Waals surface area contributed by atoms with Crippen LogP contribution in [0.4, 0.5) is 0 Å². The average Bonchev–Trinajstić information content (AvgIpc) is 2.86. The largest absolute Gasteiger partial charge is 0.295 e. The minimum atomic E-state index is 0.0532. The molecule has 0 N–H and O–H groups in total. The van der Waals surface area contributed by atoms with Crippen molar-refractivity contribution >= 4 is 5.78 Å². The van der Waals surface area contributed by atoms with E-state index in [1.165, 1.54) is 11.1 Å². The SMILES string of the molecule is CC1(C)C2=C(CC=C2)C(=O)CC1c1ccccc1. The molecule has 0 spiro atoms. The zero-order valence-electron chi connectivity index (χ0n) is 10.9. The zero-order valence-corrected chi connectivity index (χ0v) is 10.9. The molecule has 1 aromatic carbocycles. The lowest BCUT2D eigenvalue weighted by molar-refractivity contribution is -0.117. The van der Waals surface area contributed by atoms with Gasteiger partial charge < -0.3 is 0 Å². The fraction of sp³-hybridized carbons (Fsp3) is 0.353. The van der Waals surface area contributed by atoms with Crippen molar-refractivity contribution in [1.82, 2.24) is 0 Å². The highest BCUT2D eigenvalue weighted by atomic mass is 16.1. The van der Waals surface area contributed by atoms with Crippen LogP contribution in [-0.4, -0.2) is 5.78 Å². The summed E-state index contributed by atoms with van der Waals surface area (Å²) in [5.41, 5.74) is 3.64. The third-order valence-electron chi connectivity index (χ3n) is 4.42. The molecule has 0 saturated carbocycles. The van der Waals surface area contributed by atoms with E-state index in [9.17, 15) is 4.79 Å². The van der Waals surface area contributed by atoms with Gasteiger partial charge in [-0.25, -0.2) is 0 Å². The van der Waals surface area contributed by atoms with Gasteiger partial charge in [-0.1, -0.05) is 56.3 Å². The average molecular weight is 238 g/mol. The number of hydrogen-bond acceptors (Lipinski definition) is 1. The van der Waals surface area contributed by atoms with Crippen LogP contribution >= 0.6 is 0 Å². The van der Waals surface area contributed by atoms with Gasteiger partial charge in [-0.05, 0) is 23.0 Å². The predicted octanol–water partition coefficient (Wildman–Crippen LogP) is 4.03. The maximum atomic E-state index is 12.2. The molecular weight excluding hydrogens is 220 g/mol. The molecule has 0 aromatic heterocycles. The number of Topliss-reactive ketones (excluding diaryl/α,β-unsaturated/α-hetero) is 1. The number of rotatable bonds is 1. The lowest BCUT2D eigenvalue weighted by Gasteiger charge is -2.39. The van der Waals surface area contributed by atoms with Crippen molar-refractivity contribution in [2.24, 2.45) is 5.41 Å². The topological polar surface area (TPSA) is 17.1 Å². The van der Waals surface area contributed by atoms with Crippen molar-refractivity contribution in [3.63, 3.8) is 0 Å². The number of carbonyl (C=O) groups is 1. The van der Waals surface area contributed by atoms with Gasteiger partial charge in [0.15, 0.2) is 5.78 Å². The van der Waals surface area contributed by atoms with Crippen LogP contribution < -0.4 is 0 Å². The molecule has 1 aromatic rings. The first-order valence-electron chi connectivity index (χ1n) is 6.59. The molecule has 92 valence electrons. The van der Waals surface area contributed by atoms with Gasteiger partial charge in [0.2, 0.25) is 0 Å². The van der Waals surface area contributed by atoms with Crippen LogP contribution in [0.2, 0.25) is 0 Å². The Hall–Kier alpha value is -1.63. The number of ketones is 1. The Balaban J connectivity index is 2.09. The van der Waals surface area contributed by atoms with Crippen LogP contribution in [0.3, 0.4) is 0 Å². The van der Waals surface area contributed by atoms with Gasteiger partial charge in [-0.2, -0.15) is 0 Å². The van der Waals surface area contributed by atoms with E-state index in [2.05, 4.69) is 50.3 Å². The Morgan fingerprint density at radius 1 is 1.17 bits per heavy atom. The van der Waals surface area contributed by atoms with Crippen molar-refractivity contribution in [3.8, 4) is 0 Å². The minimum Gasteiger partial charge on any atom is -0.295 e. The van der Waals surface area contributed by atoms with E-state index < -0.39 is 0 Å². The predicted molar refractivity (Wildman–Crippen MR) is 73.4 cm³/mol. The molecule has 1 atom stereocenters. The summed E-state index contributed by atoms with van der Waals surface area (Å²) in [6.07, 6.45) is 5.76. The van der Waals surface area contributed by atoms with Gasteiger partial charge in [-0.3, -0.25) is 4.79 Å². The normalized spacial score (nSPS) is 25.4. The van der Waals surface area contributed by atoms with Crippen molar-refractivity contribution < 1.29 is 4.79 Å². The van der Waals surface area contributed by atoms with Crippen LogP contribution in [0.15, 0.2) is 53.6 Å². The Morgan fingerprint density at radius 2 is 1.89 bits per heavy atom. The van der Waals surface area contributed by atoms with Gasteiger partial charge in [0.05, 0.1) is 0 Å². The van der Waals surface area contributed by atoms with E-state index in [-0.39, 0.29) is 5.41 Å². The molecule has 1 nitrogen and oxygen atoms in total. The first-order valence-corrected chi connectivity index (χ1v) is 6.59. The summed E-state index contributed by atoms with van der Waals surface area (Å²) in [7, 11) is 0. The number of allylic oxidation sites excluding steroid dienone is 4. The third-order valence-corrected chi connectivity index (χ3v) is 4.42. The van der Waals surface area contributed by atoms with Crippen LogP contribution in [0, 0.1) is 5.41 Å². The molecule has 3 rings (SSSR count). The van der Waals surface area contributed by atoms with E-state index >= 15 is 0 Å². The molecule has 0 heterocycles. The van der Waals surface area contributed by atoms with Crippen molar-refractivity contribution in [1.29, 1.82) is 0 Å². The van der Waals surface area contributed by atoms with E-state index in [0.29, 0.717) is 18.1 Å². The summed E-state index contributed by atoms with van der Waals surface area (Å²) < 4.78 is 0. The Morgan fingerprint density at radius 3 is 2.61 bits per heavy atom. The molecule has 0 saturated heterocycles. The Kier molecular flexibility index (Phi) is 2.51. The Bertz CT molecular complexity index is 546. The van der Waals surface area contributed by atoms with E-state index in [1.54, 1.807) is 0 Å². The summed E-state index contributed by atoms with van der Waals surface area (Å²) >= 11 is 0. The fourth-order valence-corrected chi connectivity index (χ4v) is 3.34. The molecule has 0 bridgehead atoms. The second-order valence-electron chi connectivity index (χ2n) is 5.81. The van der Waals surface area contributed by atoms with Gasteiger partial charge >= 0.3 is 0 Å². The molecule has 2 aliphatic rings. The molecule has 0 aliphatic heterocycles. The minimum absolute atomic E-state index is 0.0532. The van der Waals surface area contributed by atoms with Crippen LogP contribution in [0.25, 0.3) is 0 Å². The summed E-state index contributed by atoms with van der Waals surface area (Å²) in [4.78, 5) is 12.2. The summed E-state index contributed by atoms with van der Waals surface area (Å²) in [5.74, 6) is 0.635. The summed E-state index contributed by atoms with van der Waals surface area (Å²) in [6.45, 7) is 4.53. The lowest BCUT2D eigenvalue weighted by atomic mass is 9.63. The number of hydrogen-bond donors (Lipinski definition) is 0. The molecule has 1 heteroatoms. The van der Waals surface area contributed by atoms with E-state index in [4.69, 9.17) is 0 Å². The van der Waals surface area contributed by atoms with Crippen molar-refractivity contribution in [2.45, 2.75) is 32.6 Å². The smallest absolute Gasteiger partial charge is 0.160 e. The molecule has 0 radical (unpaired) electrons. The Labute approximate surface area is 108 Å². The van der Waals surface area contributed by atoms with Gasteiger partial charge in [0, 0.05) is 17.9 Å². The molecule has 18 heavy (non-hydrogen) atoms.